The number of hydrogen-bond acceptors (Lipinski definition) is 3. The van der Waals surface area contributed by atoms with Crippen LogP contribution in [0, 0.1) is 5.92 Å². The van der Waals surface area contributed by atoms with Gasteiger partial charge in [0, 0.05) is 26.7 Å². The molecule has 5 nitrogen and oxygen atoms in total. The highest BCUT2D eigenvalue weighted by Gasteiger charge is 2.33. The molecule has 1 aliphatic carbocycles. The highest BCUT2D eigenvalue weighted by molar-refractivity contribution is 5.87. The first-order chi connectivity index (χ1) is 10.9. The summed E-state index contributed by atoms with van der Waals surface area (Å²) in [6.45, 7) is 6.53. The number of nitrogens with one attached hydrogen (secondary N) is 1. The van der Waals surface area contributed by atoms with Crippen molar-refractivity contribution < 1.29 is 9.59 Å². The zero-order valence-corrected chi connectivity index (χ0v) is 15.1. The third-order valence-corrected chi connectivity index (χ3v) is 5.29. The van der Waals surface area contributed by atoms with E-state index in [-0.39, 0.29) is 18.4 Å². The molecule has 0 unspecified atom stereocenters. The number of carbonyl (C=O) groups is 2. The molecule has 1 aliphatic heterocycles. The van der Waals surface area contributed by atoms with E-state index in [9.17, 15) is 9.59 Å². The van der Waals surface area contributed by atoms with Crippen molar-refractivity contribution in [1.82, 2.24) is 15.1 Å². The molecule has 2 amide bonds. The van der Waals surface area contributed by atoms with E-state index >= 15 is 0 Å². The predicted octanol–water partition coefficient (Wildman–Crippen LogP) is 2.02. The zero-order valence-electron chi connectivity index (χ0n) is 15.1. The number of rotatable bonds is 6. The van der Waals surface area contributed by atoms with Crippen molar-refractivity contribution in [2.75, 3.05) is 33.2 Å². The van der Waals surface area contributed by atoms with Gasteiger partial charge in [0.2, 0.25) is 11.8 Å². The van der Waals surface area contributed by atoms with Gasteiger partial charge in [-0.3, -0.25) is 14.9 Å². The summed E-state index contributed by atoms with van der Waals surface area (Å²) in [6.07, 6.45) is 8.58. The van der Waals surface area contributed by atoms with Crippen molar-refractivity contribution in [1.29, 1.82) is 0 Å². The van der Waals surface area contributed by atoms with E-state index in [0.29, 0.717) is 5.92 Å². The Morgan fingerprint density at radius 3 is 2.30 bits per heavy atom. The van der Waals surface area contributed by atoms with Crippen LogP contribution in [0.25, 0.3) is 0 Å². The van der Waals surface area contributed by atoms with Gasteiger partial charge in [-0.2, -0.15) is 0 Å². The third-order valence-electron chi connectivity index (χ3n) is 5.29. The second-order valence-corrected chi connectivity index (χ2v) is 7.76. The van der Waals surface area contributed by atoms with Crippen molar-refractivity contribution in [2.45, 2.75) is 64.3 Å². The molecule has 5 heteroatoms. The molecular weight excluding hydrogens is 290 g/mol. The lowest BCUT2D eigenvalue weighted by molar-refractivity contribution is -0.137. The van der Waals surface area contributed by atoms with Crippen LogP contribution in [0.1, 0.15) is 58.8 Å². The van der Waals surface area contributed by atoms with Crippen LogP contribution >= 0.6 is 0 Å². The number of likely N-dealkylation sites (N-methyl/N-ethyl adjacent to an activating group) is 1. The number of amides is 2. The molecule has 2 rings (SSSR count). The maximum Gasteiger partial charge on any atom is 0.242 e. The van der Waals surface area contributed by atoms with E-state index in [1.165, 1.54) is 32.1 Å². The summed E-state index contributed by atoms with van der Waals surface area (Å²) in [5.74, 6) is 0.840. The molecule has 1 saturated heterocycles. The van der Waals surface area contributed by atoms with Crippen LogP contribution in [-0.4, -0.2) is 60.4 Å². The maximum absolute atomic E-state index is 12.5. The molecule has 23 heavy (non-hydrogen) atoms. The van der Waals surface area contributed by atoms with Gasteiger partial charge < -0.3 is 9.80 Å². The molecule has 0 spiro atoms. The Hall–Kier alpha value is -1.10. The molecule has 0 aromatic rings. The minimum atomic E-state index is -0.675. The quantitative estimate of drug-likeness (QED) is 0.813. The summed E-state index contributed by atoms with van der Waals surface area (Å²) >= 11 is 0. The Kier molecular flexibility index (Phi) is 6.45. The predicted molar refractivity (Wildman–Crippen MR) is 92.1 cm³/mol. The second kappa shape index (κ2) is 8.13. The summed E-state index contributed by atoms with van der Waals surface area (Å²) in [5.41, 5.74) is -0.675. The van der Waals surface area contributed by atoms with Crippen molar-refractivity contribution >= 4 is 11.8 Å². The molecule has 2 aliphatic rings. The van der Waals surface area contributed by atoms with E-state index in [1.807, 2.05) is 30.7 Å². The van der Waals surface area contributed by atoms with Crippen molar-refractivity contribution in [3.05, 3.63) is 0 Å². The van der Waals surface area contributed by atoms with Crippen LogP contribution < -0.4 is 5.32 Å². The zero-order chi connectivity index (χ0) is 16.9. The van der Waals surface area contributed by atoms with Crippen molar-refractivity contribution in [3.63, 3.8) is 0 Å². The van der Waals surface area contributed by atoms with Gasteiger partial charge in [0.25, 0.3) is 0 Å². The third kappa shape index (κ3) is 5.20. The lowest BCUT2D eigenvalue weighted by Gasteiger charge is -2.31. The van der Waals surface area contributed by atoms with Crippen LogP contribution in [0.15, 0.2) is 0 Å². The molecule has 0 radical (unpaired) electrons. The summed E-state index contributed by atoms with van der Waals surface area (Å²) in [6, 6.07) is 0. The number of hydrogen-bond donors (Lipinski definition) is 1. The van der Waals surface area contributed by atoms with Gasteiger partial charge in [0.05, 0.1) is 12.1 Å². The standard InChI is InChI=1S/C18H33N3O2/c1-18(2,17(23)21-11-7-8-12-21)19-13-16(22)20(3)14-15-9-5-4-6-10-15/h15,19H,4-14H2,1-3H3. The SMILES string of the molecule is CN(CC1CCCCC1)C(=O)CNC(C)(C)C(=O)N1CCCC1. The Labute approximate surface area is 140 Å². The van der Waals surface area contributed by atoms with Gasteiger partial charge in [-0.15, -0.1) is 0 Å². The minimum absolute atomic E-state index is 0.0814. The molecule has 2 fully saturated rings. The first-order valence-electron chi connectivity index (χ1n) is 9.18. The molecule has 0 aromatic carbocycles. The van der Waals surface area contributed by atoms with Crippen LogP contribution in [0.2, 0.25) is 0 Å². The number of nitrogens with zero attached hydrogens (tertiary/aromatic N) is 2. The lowest BCUT2D eigenvalue weighted by Crippen LogP contribution is -2.55. The van der Waals surface area contributed by atoms with Crippen molar-refractivity contribution in [2.24, 2.45) is 5.92 Å². The van der Waals surface area contributed by atoms with E-state index in [2.05, 4.69) is 5.32 Å². The van der Waals surface area contributed by atoms with E-state index in [1.54, 1.807) is 0 Å². The number of carbonyl (C=O) groups excluding carboxylic acids is 2. The molecule has 0 atom stereocenters. The molecule has 1 heterocycles. The fourth-order valence-corrected chi connectivity index (χ4v) is 3.68. The van der Waals surface area contributed by atoms with E-state index in [4.69, 9.17) is 0 Å². The minimum Gasteiger partial charge on any atom is -0.344 e. The van der Waals surface area contributed by atoms with Crippen LogP contribution in [0.3, 0.4) is 0 Å². The van der Waals surface area contributed by atoms with Gasteiger partial charge in [-0.25, -0.2) is 0 Å². The molecule has 1 saturated carbocycles. The number of likely N-dealkylation sites (tertiary alicyclic amines) is 1. The summed E-state index contributed by atoms with van der Waals surface area (Å²) in [7, 11) is 1.88. The maximum atomic E-state index is 12.5. The largest absolute Gasteiger partial charge is 0.344 e. The normalized spacial score (nSPS) is 19.9. The second-order valence-electron chi connectivity index (χ2n) is 7.76. The summed E-state index contributed by atoms with van der Waals surface area (Å²) < 4.78 is 0. The highest BCUT2D eigenvalue weighted by Crippen LogP contribution is 2.24. The van der Waals surface area contributed by atoms with Crippen LogP contribution in [0.4, 0.5) is 0 Å². The fourth-order valence-electron chi connectivity index (χ4n) is 3.68. The molecule has 1 N–H and O–H groups in total. The van der Waals surface area contributed by atoms with Gasteiger partial charge in [0.1, 0.15) is 0 Å². The van der Waals surface area contributed by atoms with Gasteiger partial charge in [-0.05, 0) is 45.4 Å². The molecular formula is C18H33N3O2. The molecule has 0 aromatic heterocycles. The fraction of sp³-hybridized carbons (Fsp3) is 0.889. The Morgan fingerprint density at radius 1 is 1.09 bits per heavy atom. The van der Waals surface area contributed by atoms with Gasteiger partial charge >= 0.3 is 0 Å². The first-order valence-corrected chi connectivity index (χ1v) is 9.18. The topological polar surface area (TPSA) is 52.7 Å². The molecule has 132 valence electrons. The Balaban J connectivity index is 1.76. The summed E-state index contributed by atoms with van der Waals surface area (Å²) in [5, 5.41) is 3.17. The van der Waals surface area contributed by atoms with Gasteiger partial charge in [-0.1, -0.05) is 19.3 Å². The Bertz CT molecular complexity index is 410. The molecule has 0 bridgehead atoms. The highest BCUT2D eigenvalue weighted by atomic mass is 16.2. The van der Waals surface area contributed by atoms with Crippen LogP contribution in [-0.2, 0) is 9.59 Å². The summed E-state index contributed by atoms with van der Waals surface area (Å²) in [4.78, 5) is 28.6. The lowest BCUT2D eigenvalue weighted by atomic mass is 9.89. The van der Waals surface area contributed by atoms with E-state index < -0.39 is 5.54 Å². The van der Waals surface area contributed by atoms with Crippen molar-refractivity contribution in [3.8, 4) is 0 Å². The average Bonchev–Trinajstić information content (AvgIpc) is 3.07. The monoisotopic (exact) mass is 323 g/mol. The average molecular weight is 323 g/mol. The van der Waals surface area contributed by atoms with Gasteiger partial charge in [0.15, 0.2) is 0 Å². The smallest absolute Gasteiger partial charge is 0.242 e. The Morgan fingerprint density at radius 2 is 1.70 bits per heavy atom. The van der Waals surface area contributed by atoms with E-state index in [0.717, 1.165) is 32.5 Å². The first kappa shape index (κ1) is 18.2. The van der Waals surface area contributed by atoms with Crippen LogP contribution in [0.5, 0.6) is 0 Å².